The van der Waals surface area contributed by atoms with Gasteiger partial charge in [0, 0.05) is 36.7 Å². The third kappa shape index (κ3) is 5.39. The summed E-state index contributed by atoms with van der Waals surface area (Å²) in [6.07, 6.45) is 4.27. The van der Waals surface area contributed by atoms with Crippen LogP contribution in [0.1, 0.15) is 25.7 Å². The fourth-order valence-corrected chi connectivity index (χ4v) is 4.31. The lowest BCUT2D eigenvalue weighted by molar-refractivity contribution is -0.123. The van der Waals surface area contributed by atoms with Crippen LogP contribution >= 0.6 is 0 Å². The second-order valence-electron chi connectivity index (χ2n) is 8.22. The summed E-state index contributed by atoms with van der Waals surface area (Å²) in [6, 6.07) is 17.6. The molecule has 6 heteroatoms. The maximum absolute atomic E-state index is 12.6. The zero-order chi connectivity index (χ0) is 20.8. The smallest absolute Gasteiger partial charge is 0.238 e. The number of carbonyl (C=O) groups excluding carboxylic acids is 2. The zero-order valence-electron chi connectivity index (χ0n) is 17.3. The molecule has 158 valence electrons. The van der Waals surface area contributed by atoms with Gasteiger partial charge in [-0.1, -0.05) is 18.2 Å². The van der Waals surface area contributed by atoms with Gasteiger partial charge in [0.2, 0.25) is 11.8 Å². The van der Waals surface area contributed by atoms with Crippen molar-refractivity contribution < 1.29 is 9.59 Å². The van der Waals surface area contributed by atoms with E-state index in [1.807, 2.05) is 42.5 Å². The van der Waals surface area contributed by atoms with Crippen LogP contribution in [0.15, 0.2) is 54.6 Å². The van der Waals surface area contributed by atoms with Crippen molar-refractivity contribution in [2.75, 3.05) is 48.3 Å². The Kier molecular flexibility index (Phi) is 6.64. The van der Waals surface area contributed by atoms with E-state index in [0.717, 1.165) is 43.9 Å². The van der Waals surface area contributed by atoms with Crippen LogP contribution in [0.2, 0.25) is 0 Å². The van der Waals surface area contributed by atoms with Gasteiger partial charge < -0.3 is 15.5 Å². The molecule has 0 aromatic heterocycles. The Morgan fingerprint density at radius 2 is 1.53 bits per heavy atom. The molecule has 0 bridgehead atoms. The molecule has 2 saturated heterocycles. The van der Waals surface area contributed by atoms with E-state index in [4.69, 9.17) is 0 Å². The van der Waals surface area contributed by atoms with Gasteiger partial charge in [0.15, 0.2) is 0 Å². The van der Waals surface area contributed by atoms with Crippen LogP contribution in [-0.2, 0) is 9.59 Å². The number of para-hydroxylation sites is 1. The molecule has 4 rings (SSSR count). The quantitative estimate of drug-likeness (QED) is 0.770. The molecule has 30 heavy (non-hydrogen) atoms. The van der Waals surface area contributed by atoms with E-state index in [0.29, 0.717) is 13.1 Å². The van der Waals surface area contributed by atoms with Gasteiger partial charge in [0.05, 0.1) is 12.5 Å². The molecule has 2 fully saturated rings. The Labute approximate surface area is 178 Å². The van der Waals surface area contributed by atoms with E-state index in [1.54, 1.807) is 0 Å². The minimum absolute atomic E-state index is 0.0313. The molecule has 1 atom stereocenters. The van der Waals surface area contributed by atoms with Crippen LogP contribution < -0.4 is 15.5 Å². The van der Waals surface area contributed by atoms with Crippen molar-refractivity contribution in [2.24, 2.45) is 5.92 Å². The van der Waals surface area contributed by atoms with Crippen molar-refractivity contribution in [2.45, 2.75) is 25.7 Å². The van der Waals surface area contributed by atoms with E-state index in [9.17, 15) is 9.59 Å². The van der Waals surface area contributed by atoms with Crippen LogP contribution in [0.4, 0.5) is 17.1 Å². The average molecular weight is 407 g/mol. The lowest BCUT2D eigenvalue weighted by Gasteiger charge is -2.31. The standard InChI is InChI=1S/C24H30N4O2/c29-23(25-21-10-12-22(13-11-21)28-15-4-5-16-28)18-27-14-6-7-19(17-27)24(30)26-20-8-2-1-3-9-20/h1-3,8-13,19H,4-7,14-18H2,(H,25,29)(H,26,30)/t19-/m0/s1. The normalized spacial score (nSPS) is 19.5. The van der Waals surface area contributed by atoms with Crippen LogP contribution in [0, 0.1) is 5.92 Å². The fourth-order valence-electron chi connectivity index (χ4n) is 4.31. The minimum atomic E-state index is -0.0912. The number of benzene rings is 2. The van der Waals surface area contributed by atoms with Gasteiger partial charge in [-0.3, -0.25) is 14.5 Å². The van der Waals surface area contributed by atoms with Crippen molar-refractivity contribution in [3.05, 3.63) is 54.6 Å². The Morgan fingerprint density at radius 1 is 0.833 bits per heavy atom. The SMILES string of the molecule is O=C(CN1CCC[C@H](C(=O)Nc2ccccc2)C1)Nc1ccc(N2CCCC2)cc1. The number of anilines is 3. The highest BCUT2D eigenvalue weighted by Crippen LogP contribution is 2.22. The molecule has 2 aliphatic rings. The molecule has 2 aromatic carbocycles. The number of amides is 2. The van der Waals surface area contributed by atoms with Gasteiger partial charge in [0.25, 0.3) is 0 Å². The van der Waals surface area contributed by atoms with E-state index in [2.05, 4.69) is 32.6 Å². The lowest BCUT2D eigenvalue weighted by Crippen LogP contribution is -2.43. The monoisotopic (exact) mass is 406 g/mol. The van der Waals surface area contributed by atoms with Gasteiger partial charge in [-0.15, -0.1) is 0 Å². The van der Waals surface area contributed by atoms with Crippen LogP contribution in [0.3, 0.4) is 0 Å². The van der Waals surface area contributed by atoms with Gasteiger partial charge >= 0.3 is 0 Å². The van der Waals surface area contributed by atoms with Crippen molar-refractivity contribution >= 4 is 28.9 Å². The molecule has 2 amide bonds. The first kappa shape index (κ1) is 20.4. The molecule has 2 aromatic rings. The molecule has 2 aliphatic heterocycles. The number of carbonyl (C=O) groups is 2. The molecule has 0 saturated carbocycles. The molecule has 0 unspecified atom stereocenters. The highest BCUT2D eigenvalue weighted by atomic mass is 16.2. The number of piperidine rings is 1. The molecule has 0 radical (unpaired) electrons. The second-order valence-corrected chi connectivity index (χ2v) is 8.22. The fraction of sp³-hybridized carbons (Fsp3) is 0.417. The Morgan fingerprint density at radius 3 is 2.27 bits per heavy atom. The highest BCUT2D eigenvalue weighted by Gasteiger charge is 2.27. The Bertz CT molecular complexity index is 847. The average Bonchev–Trinajstić information content (AvgIpc) is 3.30. The molecule has 0 spiro atoms. The van der Waals surface area contributed by atoms with Crippen molar-refractivity contribution in [1.29, 1.82) is 0 Å². The number of hydrogen-bond donors (Lipinski definition) is 2. The highest BCUT2D eigenvalue weighted by molar-refractivity contribution is 5.93. The summed E-state index contributed by atoms with van der Waals surface area (Å²) in [5.41, 5.74) is 2.85. The number of likely N-dealkylation sites (tertiary alicyclic amines) is 1. The van der Waals surface area contributed by atoms with Gasteiger partial charge in [-0.05, 0) is 68.6 Å². The topological polar surface area (TPSA) is 64.7 Å². The van der Waals surface area contributed by atoms with E-state index < -0.39 is 0 Å². The predicted octanol–water partition coefficient (Wildman–Crippen LogP) is 3.58. The maximum Gasteiger partial charge on any atom is 0.238 e. The number of nitrogens with zero attached hydrogens (tertiary/aromatic N) is 2. The van der Waals surface area contributed by atoms with E-state index in [1.165, 1.54) is 18.5 Å². The maximum atomic E-state index is 12.6. The van der Waals surface area contributed by atoms with Gasteiger partial charge in [0.1, 0.15) is 0 Å². The molecular weight excluding hydrogens is 376 g/mol. The zero-order valence-corrected chi connectivity index (χ0v) is 17.3. The molecule has 2 N–H and O–H groups in total. The van der Waals surface area contributed by atoms with Crippen molar-refractivity contribution in [3.63, 3.8) is 0 Å². The van der Waals surface area contributed by atoms with Gasteiger partial charge in [-0.25, -0.2) is 0 Å². The van der Waals surface area contributed by atoms with E-state index >= 15 is 0 Å². The first-order chi connectivity index (χ1) is 14.7. The summed E-state index contributed by atoms with van der Waals surface area (Å²) in [4.78, 5) is 29.6. The number of hydrogen-bond acceptors (Lipinski definition) is 4. The summed E-state index contributed by atoms with van der Waals surface area (Å²) >= 11 is 0. The summed E-state index contributed by atoms with van der Waals surface area (Å²) in [5.74, 6) is -0.0941. The minimum Gasteiger partial charge on any atom is -0.372 e. The first-order valence-electron chi connectivity index (χ1n) is 10.9. The molecular formula is C24H30N4O2. The van der Waals surface area contributed by atoms with Crippen molar-refractivity contribution in [1.82, 2.24) is 4.90 Å². The first-order valence-corrected chi connectivity index (χ1v) is 10.9. The summed E-state index contributed by atoms with van der Waals surface area (Å²) in [7, 11) is 0. The third-order valence-corrected chi connectivity index (χ3v) is 5.91. The largest absolute Gasteiger partial charge is 0.372 e. The Balaban J connectivity index is 1.26. The van der Waals surface area contributed by atoms with E-state index in [-0.39, 0.29) is 17.7 Å². The molecule has 6 nitrogen and oxygen atoms in total. The number of nitrogens with one attached hydrogen (secondary N) is 2. The molecule has 2 heterocycles. The Hall–Kier alpha value is -2.86. The van der Waals surface area contributed by atoms with Crippen molar-refractivity contribution in [3.8, 4) is 0 Å². The molecule has 0 aliphatic carbocycles. The summed E-state index contributed by atoms with van der Waals surface area (Å²) in [6.45, 7) is 3.98. The predicted molar refractivity (Wildman–Crippen MR) is 121 cm³/mol. The van der Waals surface area contributed by atoms with Crippen LogP contribution in [-0.4, -0.2) is 49.4 Å². The third-order valence-electron chi connectivity index (χ3n) is 5.91. The second kappa shape index (κ2) is 9.76. The van der Waals surface area contributed by atoms with Crippen LogP contribution in [0.5, 0.6) is 0 Å². The van der Waals surface area contributed by atoms with Gasteiger partial charge in [-0.2, -0.15) is 0 Å². The number of rotatable bonds is 6. The summed E-state index contributed by atoms with van der Waals surface area (Å²) in [5, 5.41) is 5.97. The van der Waals surface area contributed by atoms with Crippen LogP contribution in [0.25, 0.3) is 0 Å². The summed E-state index contributed by atoms with van der Waals surface area (Å²) < 4.78 is 0. The lowest BCUT2D eigenvalue weighted by atomic mass is 9.97.